The minimum Gasteiger partial charge on any atom is -0.390 e. The van der Waals surface area contributed by atoms with E-state index in [1.165, 1.54) is 6.20 Å². The third-order valence-corrected chi connectivity index (χ3v) is 2.66. The number of pyridine rings is 2. The normalized spacial score (nSPS) is 10.2. The summed E-state index contributed by atoms with van der Waals surface area (Å²) >= 11 is 0. The summed E-state index contributed by atoms with van der Waals surface area (Å²) in [6, 6.07) is 7.04. The van der Waals surface area contributed by atoms with Gasteiger partial charge in [0.15, 0.2) is 0 Å². The molecule has 5 nitrogen and oxygen atoms in total. The lowest BCUT2D eigenvalue weighted by atomic mass is 10.2. The van der Waals surface area contributed by atoms with Gasteiger partial charge in [-0.1, -0.05) is 6.07 Å². The zero-order valence-corrected chi connectivity index (χ0v) is 10.4. The van der Waals surface area contributed by atoms with Crippen molar-refractivity contribution in [2.24, 2.45) is 0 Å². The Bertz CT molecular complexity index is 543. The van der Waals surface area contributed by atoms with Crippen LogP contribution in [0.4, 0.5) is 0 Å². The van der Waals surface area contributed by atoms with Crippen molar-refractivity contribution in [3.05, 3.63) is 59.7 Å². The van der Waals surface area contributed by atoms with Crippen LogP contribution in [-0.2, 0) is 13.0 Å². The number of carbonyl (C=O) groups is 1. The van der Waals surface area contributed by atoms with Crippen molar-refractivity contribution in [3.8, 4) is 0 Å². The minimum atomic E-state index is -0.170. The molecule has 0 saturated carbocycles. The van der Waals surface area contributed by atoms with Crippen LogP contribution < -0.4 is 5.32 Å². The van der Waals surface area contributed by atoms with Crippen LogP contribution in [0.3, 0.4) is 0 Å². The zero-order valence-electron chi connectivity index (χ0n) is 10.4. The lowest BCUT2D eigenvalue weighted by molar-refractivity contribution is 0.0954. The van der Waals surface area contributed by atoms with E-state index >= 15 is 0 Å². The maximum atomic E-state index is 11.9. The van der Waals surface area contributed by atoms with Crippen molar-refractivity contribution in [2.45, 2.75) is 13.0 Å². The third kappa shape index (κ3) is 3.86. The van der Waals surface area contributed by atoms with E-state index in [4.69, 9.17) is 5.11 Å². The van der Waals surface area contributed by atoms with Crippen molar-refractivity contribution in [3.63, 3.8) is 0 Å². The van der Waals surface area contributed by atoms with Gasteiger partial charge in [-0.2, -0.15) is 0 Å². The number of carbonyl (C=O) groups excluding carboxylic acids is 1. The standard InChI is InChI=1S/C14H15N3O2/c18-10-13-8-12(4-7-16-13)14(19)17-6-3-11-2-1-5-15-9-11/h1-2,4-5,7-9,18H,3,6,10H2,(H,17,19). The number of nitrogens with zero attached hydrogens (tertiary/aromatic N) is 2. The van der Waals surface area contributed by atoms with E-state index in [0.29, 0.717) is 17.8 Å². The predicted octanol–water partition coefficient (Wildman–Crippen LogP) is 0.941. The van der Waals surface area contributed by atoms with Crippen LogP contribution in [0.1, 0.15) is 21.6 Å². The van der Waals surface area contributed by atoms with Gasteiger partial charge in [-0.15, -0.1) is 0 Å². The first-order chi connectivity index (χ1) is 9.29. The van der Waals surface area contributed by atoms with Crippen LogP contribution in [-0.4, -0.2) is 27.5 Å². The summed E-state index contributed by atoms with van der Waals surface area (Å²) in [6.45, 7) is 0.373. The van der Waals surface area contributed by atoms with Gasteiger partial charge in [-0.3, -0.25) is 14.8 Å². The zero-order chi connectivity index (χ0) is 13.5. The number of hydrogen-bond acceptors (Lipinski definition) is 4. The Balaban J connectivity index is 1.87. The van der Waals surface area contributed by atoms with Gasteiger partial charge in [0.1, 0.15) is 0 Å². The Morgan fingerprint density at radius 2 is 2.21 bits per heavy atom. The van der Waals surface area contributed by atoms with Crippen molar-refractivity contribution < 1.29 is 9.90 Å². The number of aliphatic hydroxyl groups is 1. The van der Waals surface area contributed by atoms with E-state index in [-0.39, 0.29) is 12.5 Å². The van der Waals surface area contributed by atoms with E-state index in [1.807, 2.05) is 12.1 Å². The summed E-state index contributed by atoms with van der Waals surface area (Å²) in [6.07, 6.45) is 5.75. The Morgan fingerprint density at radius 3 is 2.95 bits per heavy atom. The summed E-state index contributed by atoms with van der Waals surface area (Å²) in [5.74, 6) is -0.166. The second kappa shape index (κ2) is 6.61. The van der Waals surface area contributed by atoms with Crippen LogP contribution in [0.2, 0.25) is 0 Å². The molecule has 98 valence electrons. The molecule has 2 rings (SSSR count). The maximum Gasteiger partial charge on any atom is 0.251 e. The Morgan fingerprint density at radius 1 is 1.32 bits per heavy atom. The predicted molar refractivity (Wildman–Crippen MR) is 70.4 cm³/mol. The van der Waals surface area contributed by atoms with E-state index < -0.39 is 0 Å². The number of hydrogen-bond donors (Lipinski definition) is 2. The molecule has 0 aromatic carbocycles. The second-order valence-corrected chi connectivity index (χ2v) is 4.06. The molecule has 0 aliphatic carbocycles. The maximum absolute atomic E-state index is 11.9. The molecule has 0 bridgehead atoms. The quantitative estimate of drug-likeness (QED) is 0.836. The topological polar surface area (TPSA) is 75.1 Å². The second-order valence-electron chi connectivity index (χ2n) is 4.06. The number of aliphatic hydroxyl groups excluding tert-OH is 1. The largest absolute Gasteiger partial charge is 0.390 e. The minimum absolute atomic E-state index is 0.166. The average Bonchev–Trinajstić information content (AvgIpc) is 2.48. The summed E-state index contributed by atoms with van der Waals surface area (Å²) in [4.78, 5) is 19.8. The third-order valence-electron chi connectivity index (χ3n) is 2.66. The van der Waals surface area contributed by atoms with E-state index in [2.05, 4.69) is 15.3 Å². The van der Waals surface area contributed by atoms with Crippen LogP contribution in [0.15, 0.2) is 42.9 Å². The van der Waals surface area contributed by atoms with Crippen LogP contribution in [0, 0.1) is 0 Å². The Labute approximate surface area is 111 Å². The fraction of sp³-hybridized carbons (Fsp3) is 0.214. The summed E-state index contributed by atoms with van der Waals surface area (Å²) < 4.78 is 0. The molecule has 19 heavy (non-hydrogen) atoms. The first kappa shape index (κ1) is 13.2. The van der Waals surface area contributed by atoms with Crippen molar-refractivity contribution in [2.75, 3.05) is 6.54 Å². The molecule has 0 unspecified atom stereocenters. The lowest BCUT2D eigenvalue weighted by Gasteiger charge is -2.06. The Kier molecular flexibility index (Phi) is 4.58. The van der Waals surface area contributed by atoms with Gasteiger partial charge >= 0.3 is 0 Å². The summed E-state index contributed by atoms with van der Waals surface area (Å²) in [7, 11) is 0. The molecule has 0 fully saturated rings. The molecule has 0 saturated heterocycles. The first-order valence-electron chi connectivity index (χ1n) is 6.02. The first-order valence-corrected chi connectivity index (χ1v) is 6.02. The Hall–Kier alpha value is -2.27. The van der Waals surface area contributed by atoms with Gasteiger partial charge in [0.05, 0.1) is 12.3 Å². The van der Waals surface area contributed by atoms with Gasteiger partial charge in [-0.25, -0.2) is 0 Å². The van der Waals surface area contributed by atoms with E-state index in [0.717, 1.165) is 12.0 Å². The smallest absolute Gasteiger partial charge is 0.251 e. The molecule has 0 aliphatic rings. The molecule has 0 spiro atoms. The highest BCUT2D eigenvalue weighted by molar-refractivity contribution is 5.94. The van der Waals surface area contributed by atoms with Gasteiger partial charge in [0.25, 0.3) is 5.91 Å². The van der Waals surface area contributed by atoms with Crippen molar-refractivity contribution >= 4 is 5.91 Å². The molecular formula is C14H15N3O2. The SMILES string of the molecule is O=C(NCCc1cccnc1)c1ccnc(CO)c1. The van der Waals surface area contributed by atoms with Crippen molar-refractivity contribution in [1.29, 1.82) is 0 Å². The average molecular weight is 257 g/mol. The fourth-order valence-electron chi connectivity index (χ4n) is 1.67. The molecule has 2 N–H and O–H groups in total. The molecule has 2 aromatic heterocycles. The van der Waals surface area contributed by atoms with Gasteiger partial charge in [0.2, 0.25) is 0 Å². The molecular weight excluding hydrogens is 242 g/mol. The summed E-state index contributed by atoms with van der Waals surface area (Å²) in [5, 5.41) is 11.8. The van der Waals surface area contributed by atoms with Crippen molar-refractivity contribution in [1.82, 2.24) is 15.3 Å². The molecule has 1 amide bonds. The molecule has 5 heteroatoms. The molecule has 2 heterocycles. The number of aromatic nitrogens is 2. The lowest BCUT2D eigenvalue weighted by Crippen LogP contribution is -2.25. The highest BCUT2D eigenvalue weighted by Gasteiger charge is 2.05. The molecule has 0 aliphatic heterocycles. The number of amides is 1. The van der Waals surface area contributed by atoms with E-state index in [9.17, 15) is 4.79 Å². The van der Waals surface area contributed by atoms with E-state index in [1.54, 1.807) is 24.5 Å². The molecule has 0 atom stereocenters. The number of nitrogens with one attached hydrogen (secondary N) is 1. The molecule has 2 aromatic rings. The van der Waals surface area contributed by atoms with Gasteiger partial charge in [0, 0.05) is 30.7 Å². The summed E-state index contributed by atoms with van der Waals surface area (Å²) in [5.41, 5.74) is 2.07. The van der Waals surface area contributed by atoms with Gasteiger partial charge < -0.3 is 10.4 Å². The van der Waals surface area contributed by atoms with Crippen LogP contribution >= 0.6 is 0 Å². The monoisotopic (exact) mass is 257 g/mol. The fourth-order valence-corrected chi connectivity index (χ4v) is 1.67. The highest BCUT2D eigenvalue weighted by atomic mass is 16.3. The number of rotatable bonds is 5. The molecule has 0 radical (unpaired) electrons. The van der Waals surface area contributed by atoms with Crippen LogP contribution in [0.5, 0.6) is 0 Å². The van der Waals surface area contributed by atoms with Gasteiger partial charge in [-0.05, 0) is 30.2 Å². The highest BCUT2D eigenvalue weighted by Crippen LogP contribution is 2.02. The van der Waals surface area contributed by atoms with Crippen LogP contribution in [0.25, 0.3) is 0 Å².